The molecule has 0 bridgehead atoms. The Kier molecular flexibility index (Phi) is 71.6. The van der Waals surface area contributed by atoms with Crippen molar-refractivity contribution in [3.8, 4) is 0 Å². The van der Waals surface area contributed by atoms with Crippen molar-refractivity contribution in [2.45, 2.75) is 69.2 Å². The molecular formula is C17H32ClO9-. The minimum Gasteiger partial charge on any atom is -0.550 e. The second kappa shape index (κ2) is 43.7. The van der Waals surface area contributed by atoms with Gasteiger partial charge in [0.2, 0.25) is 5.24 Å². The molecule has 0 unspecified atom stereocenters. The van der Waals surface area contributed by atoms with Crippen molar-refractivity contribution in [1.82, 2.24) is 0 Å². The molecule has 0 aliphatic carbocycles. The predicted molar refractivity (Wildman–Crippen MR) is 101 cm³/mol. The van der Waals surface area contributed by atoms with Gasteiger partial charge in [-0.25, -0.2) is 0 Å². The number of carbonyl (C=O) groups is 7. The summed E-state index contributed by atoms with van der Waals surface area (Å²) in [4.78, 5) is 64.2. The fourth-order valence-corrected chi connectivity index (χ4v) is 0. The summed E-state index contributed by atoms with van der Waals surface area (Å²) in [6.45, 7) is 14.0. The van der Waals surface area contributed by atoms with Crippen molar-refractivity contribution in [2.24, 2.45) is 0 Å². The van der Waals surface area contributed by atoms with Gasteiger partial charge in [0.25, 0.3) is 5.97 Å². The average molecular weight is 416 g/mol. The molecule has 0 saturated heterocycles. The molecule has 0 saturated carbocycles. The maximum atomic E-state index is 9.44. The Labute approximate surface area is 166 Å². The maximum absolute atomic E-state index is 9.44. The Morgan fingerprint density at radius 3 is 0.704 bits per heavy atom. The number of ketones is 3. The molecule has 162 valence electrons. The van der Waals surface area contributed by atoms with Crippen LogP contribution in [0.3, 0.4) is 0 Å². The van der Waals surface area contributed by atoms with E-state index in [0.717, 1.165) is 20.1 Å². The van der Waals surface area contributed by atoms with E-state index in [-0.39, 0.29) is 22.6 Å². The molecule has 10 heteroatoms. The molecule has 0 aromatic carbocycles. The van der Waals surface area contributed by atoms with Crippen LogP contribution < -0.4 is 5.11 Å². The van der Waals surface area contributed by atoms with Gasteiger partial charge in [0.15, 0.2) is 0 Å². The van der Waals surface area contributed by atoms with Crippen LogP contribution in [0.15, 0.2) is 0 Å². The molecule has 0 amide bonds. The number of aliphatic carboxylic acids is 2. The number of hydrogen-bond donors (Lipinski definition) is 1. The molecule has 0 aliphatic rings. The zero-order valence-electron chi connectivity index (χ0n) is 17.7. The summed E-state index contributed by atoms with van der Waals surface area (Å²) in [5.74, 6) is -1.42. The van der Waals surface area contributed by atoms with E-state index in [0.29, 0.717) is 0 Å². The molecule has 0 fully saturated rings. The molecule has 1 N–H and O–H groups in total. The number of Topliss-reactive ketones (excluding diaryl/α,β-unsaturated/α-hetero) is 3. The standard InChI is InChI=1S/3C3H6O.C2H3ClO.2C2H4O2.C2H4O/c3*1-3(2)4;3*1-2(3)4;1-2-3/h3*1-2H3;1H3;2*1H3,(H,3,4);2H,1H3/p-1. The molecule has 27 heavy (non-hydrogen) atoms. The highest BCUT2D eigenvalue weighted by atomic mass is 35.5. The Balaban J connectivity index is -0.0000000346. The van der Waals surface area contributed by atoms with E-state index in [1.807, 2.05) is 0 Å². The van der Waals surface area contributed by atoms with Crippen molar-refractivity contribution < 1.29 is 43.8 Å². The van der Waals surface area contributed by atoms with E-state index in [1.54, 1.807) is 0 Å². The van der Waals surface area contributed by atoms with Gasteiger partial charge >= 0.3 is 0 Å². The summed E-state index contributed by atoms with van der Waals surface area (Å²) in [5, 5.41) is 15.9. The van der Waals surface area contributed by atoms with Crippen LogP contribution in [0.2, 0.25) is 0 Å². The number of hydrogen-bond acceptors (Lipinski definition) is 8. The van der Waals surface area contributed by atoms with Gasteiger partial charge in [-0.2, -0.15) is 0 Å². The molecule has 0 aromatic heterocycles. The topological polar surface area (TPSA) is 163 Å². The van der Waals surface area contributed by atoms with Gasteiger partial charge in [-0.15, -0.1) is 0 Å². The Morgan fingerprint density at radius 2 is 0.704 bits per heavy atom. The molecule has 0 rings (SSSR count). The van der Waals surface area contributed by atoms with E-state index >= 15 is 0 Å². The lowest BCUT2D eigenvalue weighted by atomic mass is 10.6. The number of aldehydes is 1. The molecule has 0 spiro atoms. The van der Waals surface area contributed by atoms with Gasteiger partial charge in [0.05, 0.1) is 0 Å². The molecule has 0 aliphatic heterocycles. The summed E-state index contributed by atoms with van der Waals surface area (Å²) in [5.41, 5.74) is 0. The SMILES string of the molecule is CC(=O)Cl.CC(=O)O.CC(=O)[O-].CC(C)=O.CC(C)=O.CC(C)=O.CC=O. The van der Waals surface area contributed by atoms with Crippen LogP contribution in [0, 0.1) is 0 Å². The first-order valence-corrected chi connectivity index (χ1v) is 7.53. The maximum Gasteiger partial charge on any atom is 0.300 e. The quantitative estimate of drug-likeness (QED) is 0.457. The lowest BCUT2D eigenvalue weighted by Gasteiger charge is -1.77. The summed E-state index contributed by atoms with van der Waals surface area (Å²) in [6, 6.07) is 0. The van der Waals surface area contributed by atoms with E-state index in [9.17, 15) is 19.2 Å². The smallest absolute Gasteiger partial charge is 0.300 e. The number of rotatable bonds is 0. The molecule has 0 atom stereocenters. The van der Waals surface area contributed by atoms with Crippen LogP contribution in [-0.2, 0) is 33.6 Å². The summed E-state index contributed by atoms with van der Waals surface area (Å²) >= 11 is 4.64. The van der Waals surface area contributed by atoms with Crippen LogP contribution in [-0.4, -0.2) is 45.9 Å². The molecule has 0 radical (unpaired) electrons. The second-order valence-corrected chi connectivity index (χ2v) is 4.97. The van der Waals surface area contributed by atoms with E-state index in [2.05, 4.69) is 11.6 Å². The Morgan fingerprint density at radius 1 is 0.704 bits per heavy atom. The van der Waals surface area contributed by atoms with E-state index in [4.69, 9.17) is 24.6 Å². The van der Waals surface area contributed by atoms with Crippen molar-refractivity contribution in [1.29, 1.82) is 0 Å². The third kappa shape index (κ3) is 1880. The third-order valence-electron chi connectivity index (χ3n) is 0. The number of carbonyl (C=O) groups excluding carboxylic acids is 6. The van der Waals surface area contributed by atoms with Gasteiger partial charge in [0, 0.05) is 19.8 Å². The lowest BCUT2D eigenvalue weighted by Crippen LogP contribution is -2.16. The third-order valence-corrected chi connectivity index (χ3v) is 0. The summed E-state index contributed by atoms with van der Waals surface area (Å²) in [6.07, 6.45) is 0.750. The zero-order valence-corrected chi connectivity index (χ0v) is 18.4. The minimum absolute atomic E-state index is 0.167. The van der Waals surface area contributed by atoms with Crippen molar-refractivity contribution >= 4 is 52.4 Å². The summed E-state index contributed by atoms with van der Waals surface area (Å²) < 4.78 is 0. The van der Waals surface area contributed by atoms with Crippen LogP contribution in [0.25, 0.3) is 0 Å². The van der Waals surface area contributed by atoms with Crippen molar-refractivity contribution in [3.05, 3.63) is 0 Å². The fraction of sp³-hybridized carbons (Fsp3) is 0.588. The number of carboxylic acids is 2. The highest BCUT2D eigenvalue weighted by molar-refractivity contribution is 6.62. The van der Waals surface area contributed by atoms with E-state index < -0.39 is 11.9 Å². The fourth-order valence-electron chi connectivity index (χ4n) is 0. The molecule has 0 aromatic rings. The molecular weight excluding hydrogens is 384 g/mol. The minimum atomic E-state index is -1.08. The normalized spacial score (nSPS) is 6.19. The van der Waals surface area contributed by atoms with Gasteiger partial charge in [0.1, 0.15) is 23.6 Å². The summed E-state index contributed by atoms with van der Waals surface area (Å²) in [7, 11) is 0. The van der Waals surface area contributed by atoms with Gasteiger partial charge in [-0.1, -0.05) is 0 Å². The highest BCUT2D eigenvalue weighted by Crippen LogP contribution is 1.67. The van der Waals surface area contributed by atoms with E-state index in [1.165, 1.54) is 55.4 Å². The van der Waals surface area contributed by atoms with Crippen LogP contribution >= 0.6 is 11.6 Å². The van der Waals surface area contributed by atoms with Gasteiger partial charge in [-0.05, 0) is 67.0 Å². The second-order valence-electron chi connectivity index (χ2n) is 4.44. The van der Waals surface area contributed by atoms with Crippen molar-refractivity contribution in [2.75, 3.05) is 0 Å². The number of halogens is 1. The predicted octanol–water partition coefficient (Wildman–Crippen LogP) is 1.61. The Bertz CT molecular complexity index is 300. The first-order valence-electron chi connectivity index (χ1n) is 7.15. The first-order chi connectivity index (χ1) is 11.8. The van der Waals surface area contributed by atoms with Crippen LogP contribution in [0.4, 0.5) is 0 Å². The van der Waals surface area contributed by atoms with Gasteiger partial charge < -0.3 is 34.2 Å². The highest BCUT2D eigenvalue weighted by Gasteiger charge is 1.67. The number of carboxylic acid groups (broad SMARTS) is 2. The van der Waals surface area contributed by atoms with Crippen LogP contribution in [0.5, 0.6) is 0 Å². The average Bonchev–Trinajstić information content (AvgIpc) is 2.22. The lowest BCUT2D eigenvalue weighted by molar-refractivity contribution is -0.302. The largest absolute Gasteiger partial charge is 0.550 e. The van der Waals surface area contributed by atoms with Crippen molar-refractivity contribution in [3.63, 3.8) is 0 Å². The first kappa shape index (κ1) is 44.2. The van der Waals surface area contributed by atoms with Crippen LogP contribution in [0.1, 0.15) is 69.2 Å². The molecule has 9 nitrogen and oxygen atoms in total. The zero-order chi connectivity index (χ0) is 24.2. The molecule has 0 heterocycles. The monoisotopic (exact) mass is 415 g/mol. The Hall–Kier alpha value is -2.42. The van der Waals surface area contributed by atoms with Gasteiger partial charge in [-0.3, -0.25) is 9.59 Å².